The van der Waals surface area contributed by atoms with E-state index in [0.29, 0.717) is 0 Å². The Balaban J connectivity index is 1.10. The Morgan fingerprint density at radius 3 is 1.70 bits per heavy atom. The molecule has 0 N–H and O–H groups in total. The fraction of sp³-hybridized carbons (Fsp3) is 0.0164. The van der Waals surface area contributed by atoms with Crippen molar-refractivity contribution < 1.29 is 0 Å². The van der Waals surface area contributed by atoms with Crippen LogP contribution in [0.25, 0.3) is 81.0 Å². The quantitative estimate of drug-likeness (QED) is 0.168. The first-order chi connectivity index (χ1) is 31.8. The summed E-state index contributed by atoms with van der Waals surface area (Å²) in [7, 11) is 0. The van der Waals surface area contributed by atoms with Crippen molar-refractivity contribution in [2.75, 3.05) is 4.90 Å². The molecular formula is C61H38N2S. The molecule has 14 rings (SSSR count). The molecule has 2 aliphatic rings. The van der Waals surface area contributed by atoms with E-state index in [1.807, 2.05) is 11.3 Å². The zero-order valence-corrected chi connectivity index (χ0v) is 35.6. The molecule has 0 radical (unpaired) electrons. The first kappa shape index (κ1) is 35.6. The highest BCUT2D eigenvalue weighted by Crippen LogP contribution is 2.65. The van der Waals surface area contributed by atoms with Gasteiger partial charge in [-0.25, -0.2) is 0 Å². The molecular weight excluding hydrogens is 793 g/mol. The lowest BCUT2D eigenvalue weighted by Crippen LogP contribution is -2.26. The van der Waals surface area contributed by atoms with E-state index in [1.165, 1.54) is 97.6 Å². The fourth-order valence-electron chi connectivity index (χ4n) is 11.5. The first-order valence-corrected chi connectivity index (χ1v) is 22.9. The SMILES string of the molecule is c1ccc(-c2ccc(N(c3cccc4c3-c3ccccc3C43c4ccccc4-c4ccccc43)c3cccc4c3c3cc5sc6ccccc6c5cc3n4-c3ccccc3)cc2)cc1. The molecule has 2 aromatic heterocycles. The highest BCUT2D eigenvalue weighted by molar-refractivity contribution is 7.25. The van der Waals surface area contributed by atoms with E-state index in [0.717, 1.165) is 22.7 Å². The smallest absolute Gasteiger partial charge is 0.0726 e. The topological polar surface area (TPSA) is 8.17 Å². The average molecular weight is 831 g/mol. The second-order valence-corrected chi connectivity index (χ2v) is 18.2. The molecule has 12 aromatic rings. The van der Waals surface area contributed by atoms with Crippen LogP contribution in [0.3, 0.4) is 0 Å². The maximum atomic E-state index is 2.56. The van der Waals surface area contributed by atoms with Crippen LogP contribution in [-0.4, -0.2) is 4.57 Å². The second kappa shape index (κ2) is 13.5. The van der Waals surface area contributed by atoms with E-state index in [-0.39, 0.29) is 0 Å². The Labute approximate surface area is 375 Å². The van der Waals surface area contributed by atoms with Crippen LogP contribution in [0.4, 0.5) is 17.1 Å². The van der Waals surface area contributed by atoms with Gasteiger partial charge in [-0.3, -0.25) is 0 Å². The number of hydrogen-bond acceptors (Lipinski definition) is 2. The zero-order valence-electron chi connectivity index (χ0n) is 34.7. The third-order valence-electron chi connectivity index (χ3n) is 14.0. The number of anilines is 3. The van der Waals surface area contributed by atoms with Crippen LogP contribution in [0.2, 0.25) is 0 Å². The van der Waals surface area contributed by atoms with Crippen molar-refractivity contribution in [3.05, 3.63) is 253 Å². The molecule has 0 bridgehead atoms. The van der Waals surface area contributed by atoms with Gasteiger partial charge in [-0.2, -0.15) is 0 Å². The molecule has 0 amide bonds. The molecule has 3 heteroatoms. The van der Waals surface area contributed by atoms with Crippen molar-refractivity contribution in [3.8, 4) is 39.1 Å². The third kappa shape index (κ3) is 4.79. The van der Waals surface area contributed by atoms with Gasteiger partial charge >= 0.3 is 0 Å². The normalized spacial score (nSPS) is 13.1. The minimum absolute atomic E-state index is 0.458. The van der Waals surface area contributed by atoms with Gasteiger partial charge in [0.2, 0.25) is 0 Å². The van der Waals surface area contributed by atoms with Crippen molar-refractivity contribution in [1.82, 2.24) is 4.57 Å². The molecule has 0 aliphatic heterocycles. The fourth-order valence-corrected chi connectivity index (χ4v) is 12.6. The van der Waals surface area contributed by atoms with Crippen molar-refractivity contribution >= 4 is 70.4 Å². The molecule has 0 unspecified atom stereocenters. The highest BCUT2D eigenvalue weighted by Gasteiger charge is 2.52. The van der Waals surface area contributed by atoms with Crippen LogP contribution < -0.4 is 4.90 Å². The van der Waals surface area contributed by atoms with Gasteiger partial charge in [0.05, 0.1) is 27.8 Å². The number of para-hydroxylation sites is 1. The molecule has 0 saturated carbocycles. The minimum atomic E-state index is -0.458. The van der Waals surface area contributed by atoms with Crippen LogP contribution in [0.5, 0.6) is 0 Å². The van der Waals surface area contributed by atoms with Crippen LogP contribution in [0.15, 0.2) is 231 Å². The summed E-state index contributed by atoms with van der Waals surface area (Å²) in [4.78, 5) is 2.56. The summed E-state index contributed by atoms with van der Waals surface area (Å²) in [5.41, 5.74) is 19.4. The van der Waals surface area contributed by atoms with Crippen molar-refractivity contribution in [1.29, 1.82) is 0 Å². The van der Waals surface area contributed by atoms with Gasteiger partial charge < -0.3 is 9.47 Å². The number of hydrogen-bond donors (Lipinski definition) is 0. The molecule has 0 fully saturated rings. The first-order valence-electron chi connectivity index (χ1n) is 22.1. The Kier molecular flexibility index (Phi) is 7.51. The molecule has 2 nitrogen and oxygen atoms in total. The molecule has 0 saturated heterocycles. The summed E-state index contributed by atoms with van der Waals surface area (Å²) in [6, 6.07) is 85.8. The molecule has 2 heterocycles. The van der Waals surface area contributed by atoms with Crippen LogP contribution in [0, 0.1) is 0 Å². The summed E-state index contributed by atoms with van der Waals surface area (Å²) in [5, 5.41) is 5.06. The Morgan fingerprint density at radius 2 is 0.953 bits per heavy atom. The largest absolute Gasteiger partial charge is 0.309 e. The summed E-state index contributed by atoms with van der Waals surface area (Å²) in [6.45, 7) is 0. The van der Waals surface area contributed by atoms with Gasteiger partial charge in [0.1, 0.15) is 0 Å². The van der Waals surface area contributed by atoms with Gasteiger partial charge in [0.25, 0.3) is 0 Å². The van der Waals surface area contributed by atoms with E-state index >= 15 is 0 Å². The molecule has 0 atom stereocenters. The maximum absolute atomic E-state index is 2.56. The summed E-state index contributed by atoms with van der Waals surface area (Å²) in [6.07, 6.45) is 0. The van der Waals surface area contributed by atoms with Crippen LogP contribution in [0.1, 0.15) is 22.3 Å². The maximum Gasteiger partial charge on any atom is 0.0726 e. The molecule has 298 valence electrons. The molecule has 64 heavy (non-hydrogen) atoms. The van der Waals surface area contributed by atoms with E-state index < -0.39 is 5.41 Å². The van der Waals surface area contributed by atoms with E-state index in [4.69, 9.17) is 0 Å². The van der Waals surface area contributed by atoms with Crippen molar-refractivity contribution in [2.24, 2.45) is 0 Å². The standard InChI is InChI=1S/C61H38N2S/c1-3-17-39(18-4-1)40-33-35-42(36-34-40)62(53-29-15-28-52-59(53)46-24-9-13-27-51(46)61(52)49-25-11-7-21-43(49)44-22-8-12-26-50(44)61)54-30-16-31-55-60(54)48-38-58-47(45-23-10-14-32-57(45)64-58)37-56(48)63(55)41-19-5-2-6-20-41/h1-38H. The lowest BCUT2D eigenvalue weighted by Gasteiger charge is -2.32. The van der Waals surface area contributed by atoms with Gasteiger partial charge in [0, 0.05) is 47.9 Å². The number of rotatable bonds is 5. The van der Waals surface area contributed by atoms with E-state index in [9.17, 15) is 0 Å². The number of thiophene rings is 1. The summed E-state index contributed by atoms with van der Waals surface area (Å²) >= 11 is 1.88. The van der Waals surface area contributed by atoms with Gasteiger partial charge in [-0.1, -0.05) is 170 Å². The summed E-state index contributed by atoms with van der Waals surface area (Å²) in [5.74, 6) is 0. The van der Waals surface area contributed by atoms with Gasteiger partial charge in [-0.15, -0.1) is 11.3 Å². The van der Waals surface area contributed by atoms with Gasteiger partial charge in [-0.05, 0) is 111 Å². The number of nitrogens with zero attached hydrogens (tertiary/aromatic N) is 2. The third-order valence-corrected chi connectivity index (χ3v) is 15.1. The average Bonchev–Trinajstić information content (AvgIpc) is 4.08. The van der Waals surface area contributed by atoms with Gasteiger partial charge in [0.15, 0.2) is 0 Å². The molecule has 10 aromatic carbocycles. The number of fused-ring (bicyclic) bond motifs is 16. The zero-order chi connectivity index (χ0) is 41.9. The van der Waals surface area contributed by atoms with Crippen LogP contribution in [-0.2, 0) is 5.41 Å². The molecule has 2 aliphatic carbocycles. The van der Waals surface area contributed by atoms with Crippen molar-refractivity contribution in [2.45, 2.75) is 5.41 Å². The monoisotopic (exact) mass is 830 g/mol. The highest BCUT2D eigenvalue weighted by atomic mass is 32.1. The lowest BCUT2D eigenvalue weighted by atomic mass is 9.70. The predicted molar refractivity (Wildman–Crippen MR) is 270 cm³/mol. The minimum Gasteiger partial charge on any atom is -0.309 e. The summed E-state index contributed by atoms with van der Waals surface area (Å²) < 4.78 is 5.08. The van der Waals surface area contributed by atoms with E-state index in [2.05, 4.69) is 240 Å². The Bertz CT molecular complexity index is 3790. The Hall–Kier alpha value is -7.98. The Morgan fingerprint density at radius 1 is 0.375 bits per heavy atom. The second-order valence-electron chi connectivity index (χ2n) is 17.1. The predicted octanol–water partition coefficient (Wildman–Crippen LogP) is 16.6. The number of benzene rings is 10. The lowest BCUT2D eigenvalue weighted by molar-refractivity contribution is 0.794. The molecule has 1 spiro atoms. The van der Waals surface area contributed by atoms with Crippen LogP contribution >= 0.6 is 11.3 Å². The van der Waals surface area contributed by atoms with Crippen molar-refractivity contribution in [3.63, 3.8) is 0 Å². The number of aromatic nitrogens is 1. The van der Waals surface area contributed by atoms with E-state index in [1.54, 1.807) is 0 Å².